The first-order valence-electron chi connectivity index (χ1n) is 11.8. The fourth-order valence-electron chi connectivity index (χ4n) is 5.30. The van der Waals surface area contributed by atoms with Crippen LogP contribution in [0, 0.1) is 12.8 Å². The number of carbonyl (C=O) groups is 2. The van der Waals surface area contributed by atoms with E-state index in [1.54, 1.807) is 25.1 Å². The highest BCUT2D eigenvalue weighted by Crippen LogP contribution is 2.41. The Hall–Kier alpha value is -2.71. The first-order valence-corrected chi connectivity index (χ1v) is 11.8. The fraction of sp³-hybridized carbons (Fsp3) is 0.560. The van der Waals surface area contributed by atoms with Crippen LogP contribution in [-0.2, 0) is 19.9 Å². The second-order valence-electron chi connectivity index (χ2n) is 9.84. The molecule has 4 rings (SSSR count). The van der Waals surface area contributed by atoms with Gasteiger partial charge >= 0.3 is 5.97 Å². The Bertz CT molecular complexity index is 971. The molecule has 2 fully saturated rings. The molecule has 2 aromatic rings. The third kappa shape index (κ3) is 5.28. The zero-order valence-corrected chi connectivity index (χ0v) is 19.5. The Morgan fingerprint density at radius 2 is 1.94 bits per heavy atom. The number of hydrogen-bond donors (Lipinski definition) is 2. The van der Waals surface area contributed by atoms with Crippen LogP contribution in [0.2, 0.25) is 0 Å². The number of rotatable bonds is 7. The number of aromatic nitrogens is 1. The van der Waals surface area contributed by atoms with E-state index in [0.29, 0.717) is 41.1 Å². The predicted molar refractivity (Wildman–Crippen MR) is 122 cm³/mol. The number of anilines is 1. The minimum absolute atomic E-state index is 0.153. The average molecular weight is 457 g/mol. The van der Waals surface area contributed by atoms with Crippen LogP contribution in [-0.4, -0.2) is 59.4 Å². The van der Waals surface area contributed by atoms with E-state index < -0.39 is 11.6 Å². The minimum atomic E-state index is -1.64. The van der Waals surface area contributed by atoms with Gasteiger partial charge in [0, 0.05) is 18.4 Å². The molecule has 1 aliphatic heterocycles. The van der Waals surface area contributed by atoms with E-state index in [0.717, 1.165) is 32.1 Å². The lowest BCUT2D eigenvalue weighted by atomic mass is 9.73. The highest BCUT2D eigenvalue weighted by molar-refractivity contribution is 5.90. The Labute approximate surface area is 194 Å². The predicted octanol–water partition coefficient (Wildman–Crippen LogP) is 3.15. The number of nitrogens with zero attached hydrogens (tertiary/aromatic N) is 2. The van der Waals surface area contributed by atoms with Crippen LogP contribution >= 0.6 is 0 Å². The van der Waals surface area contributed by atoms with Gasteiger partial charge in [0.1, 0.15) is 12.3 Å². The summed E-state index contributed by atoms with van der Waals surface area (Å²) in [5, 5.41) is 18.3. The molecule has 8 nitrogen and oxygen atoms in total. The molecule has 1 aromatic heterocycles. The van der Waals surface area contributed by atoms with Crippen LogP contribution < -0.4 is 5.32 Å². The van der Waals surface area contributed by atoms with Crippen LogP contribution in [0.1, 0.15) is 49.8 Å². The van der Waals surface area contributed by atoms with Crippen molar-refractivity contribution in [3.8, 4) is 0 Å². The lowest BCUT2D eigenvalue weighted by Crippen LogP contribution is -2.49. The van der Waals surface area contributed by atoms with Gasteiger partial charge < -0.3 is 24.2 Å². The van der Waals surface area contributed by atoms with Crippen molar-refractivity contribution in [2.75, 3.05) is 32.0 Å². The summed E-state index contributed by atoms with van der Waals surface area (Å²) in [4.78, 5) is 25.9. The number of aryl methyl sites for hydroxylation is 1. The topological polar surface area (TPSA) is 102 Å². The maximum absolute atomic E-state index is 13.4. The molecule has 1 aromatic carbocycles. The average Bonchev–Trinajstić information content (AvgIpc) is 3.38. The number of likely N-dealkylation sites (N-methyl/N-ethyl adjacent to an activating group) is 1. The monoisotopic (exact) mass is 456 g/mol. The van der Waals surface area contributed by atoms with E-state index in [-0.39, 0.29) is 24.5 Å². The van der Waals surface area contributed by atoms with Crippen molar-refractivity contribution >= 4 is 17.7 Å². The van der Waals surface area contributed by atoms with Gasteiger partial charge in [0.2, 0.25) is 0 Å². The van der Waals surface area contributed by atoms with Crippen molar-refractivity contribution < 1.29 is 28.4 Å². The van der Waals surface area contributed by atoms with E-state index in [1.165, 1.54) is 0 Å². The number of likely N-dealkylation sites (tertiary alicyclic amines) is 1. The lowest BCUT2D eigenvalue weighted by Gasteiger charge is -2.37. The van der Waals surface area contributed by atoms with Crippen LogP contribution in [0.15, 0.2) is 40.9 Å². The summed E-state index contributed by atoms with van der Waals surface area (Å²) in [6, 6.07) is 10.8. The fourth-order valence-corrected chi connectivity index (χ4v) is 5.30. The summed E-state index contributed by atoms with van der Waals surface area (Å²) in [5.41, 5.74) is -1.05. The van der Waals surface area contributed by atoms with Gasteiger partial charge in [0.15, 0.2) is 24.1 Å². The molecule has 33 heavy (non-hydrogen) atoms. The van der Waals surface area contributed by atoms with E-state index >= 15 is 0 Å². The Morgan fingerprint density at radius 3 is 2.61 bits per heavy atom. The number of hydrogen-bond acceptors (Lipinski definition) is 6. The second-order valence-corrected chi connectivity index (χ2v) is 9.84. The summed E-state index contributed by atoms with van der Waals surface area (Å²) >= 11 is 0. The van der Waals surface area contributed by atoms with Crippen LogP contribution in [0.4, 0.5) is 5.82 Å². The number of nitrogens with one attached hydrogen (secondary N) is 1. The van der Waals surface area contributed by atoms with Gasteiger partial charge in [0.05, 0.1) is 13.6 Å². The molecule has 3 atom stereocenters. The summed E-state index contributed by atoms with van der Waals surface area (Å²) in [6.45, 7) is 3.23. The molecular formula is C25H34N3O5+. The lowest BCUT2D eigenvalue weighted by molar-refractivity contribution is -0.890. The van der Waals surface area contributed by atoms with Gasteiger partial charge in [-0.15, -0.1) is 0 Å². The van der Waals surface area contributed by atoms with Crippen molar-refractivity contribution in [3.05, 3.63) is 47.7 Å². The smallest absolute Gasteiger partial charge is 0.343 e. The van der Waals surface area contributed by atoms with Crippen molar-refractivity contribution in [1.29, 1.82) is 0 Å². The molecule has 2 unspecified atom stereocenters. The van der Waals surface area contributed by atoms with Gasteiger partial charge in [-0.3, -0.25) is 4.79 Å². The van der Waals surface area contributed by atoms with Gasteiger partial charge in [-0.05, 0) is 25.3 Å². The minimum Gasteiger partial charge on any atom is -0.454 e. The molecule has 2 N–H and O–H groups in total. The number of carbonyl (C=O) groups excluding carboxylic acids is 2. The first kappa shape index (κ1) is 23.4. The number of benzene rings is 1. The van der Waals surface area contributed by atoms with Crippen LogP contribution in [0.3, 0.4) is 0 Å². The van der Waals surface area contributed by atoms with Gasteiger partial charge in [-0.1, -0.05) is 54.8 Å². The Morgan fingerprint density at radius 1 is 1.21 bits per heavy atom. The molecule has 0 radical (unpaired) electrons. The molecule has 1 saturated heterocycles. The molecular weight excluding hydrogens is 422 g/mol. The molecule has 1 amide bonds. The normalized spacial score (nSPS) is 25.4. The summed E-state index contributed by atoms with van der Waals surface area (Å²) in [5.74, 6) is 0.136. The highest BCUT2D eigenvalue weighted by atomic mass is 16.6. The highest BCUT2D eigenvalue weighted by Gasteiger charge is 2.49. The number of amides is 1. The maximum atomic E-state index is 13.4. The molecule has 0 bridgehead atoms. The van der Waals surface area contributed by atoms with E-state index in [2.05, 4.69) is 10.5 Å². The van der Waals surface area contributed by atoms with Gasteiger partial charge in [0.25, 0.3) is 5.91 Å². The first-order chi connectivity index (χ1) is 15.8. The van der Waals surface area contributed by atoms with Crippen LogP contribution in [0.25, 0.3) is 0 Å². The van der Waals surface area contributed by atoms with E-state index in [1.807, 2.05) is 25.2 Å². The quantitative estimate of drug-likeness (QED) is 0.490. The molecule has 8 heteroatoms. The standard InChI is InChI=1S/C25H33N3O5/c1-18-15-22(27-33-18)26-23(29)17-28(2)14-13-21(16-28)32-24(30)25(31,19-9-5-3-6-10-19)20-11-7-4-8-12-20/h3,5-6,9-10,15,20-21,31H,4,7-8,11-14,16-17H2,1-2H3/p+1/t21?,25-,28?/m0/s1. The van der Waals surface area contributed by atoms with E-state index in [4.69, 9.17) is 9.26 Å². The SMILES string of the molecule is Cc1cc(NC(=O)C[N+]2(C)CCC(OC(=O)[C@](O)(c3ccccc3)C3CCCCC3)C2)no1. The van der Waals surface area contributed by atoms with E-state index in [9.17, 15) is 14.7 Å². The third-order valence-corrected chi connectivity index (χ3v) is 7.05. The maximum Gasteiger partial charge on any atom is 0.343 e. The molecule has 1 saturated carbocycles. The second kappa shape index (κ2) is 9.65. The zero-order chi connectivity index (χ0) is 23.5. The molecule has 2 heterocycles. The summed E-state index contributed by atoms with van der Waals surface area (Å²) in [6.07, 6.45) is 5.06. The Kier molecular flexibility index (Phi) is 6.86. The number of aliphatic hydroxyl groups is 1. The third-order valence-electron chi connectivity index (χ3n) is 7.05. The summed E-state index contributed by atoms with van der Waals surface area (Å²) in [7, 11) is 1.98. The van der Waals surface area contributed by atoms with Crippen molar-refractivity contribution in [3.63, 3.8) is 0 Å². The molecule has 2 aliphatic rings. The number of ether oxygens (including phenoxy) is 1. The van der Waals surface area contributed by atoms with Gasteiger partial charge in [-0.2, -0.15) is 0 Å². The Balaban J connectivity index is 1.41. The largest absolute Gasteiger partial charge is 0.454 e. The van der Waals surface area contributed by atoms with Crippen molar-refractivity contribution in [1.82, 2.24) is 5.16 Å². The van der Waals surface area contributed by atoms with Crippen molar-refractivity contribution in [2.24, 2.45) is 5.92 Å². The van der Waals surface area contributed by atoms with Crippen molar-refractivity contribution in [2.45, 2.75) is 57.2 Å². The van der Waals surface area contributed by atoms with Crippen LogP contribution in [0.5, 0.6) is 0 Å². The van der Waals surface area contributed by atoms with Gasteiger partial charge in [-0.25, -0.2) is 4.79 Å². The molecule has 1 aliphatic carbocycles. The number of quaternary nitrogens is 1. The number of esters is 1. The summed E-state index contributed by atoms with van der Waals surface area (Å²) < 4.78 is 11.4. The zero-order valence-electron chi connectivity index (χ0n) is 19.5. The molecule has 178 valence electrons. The molecule has 0 spiro atoms.